The van der Waals surface area contributed by atoms with Crippen molar-refractivity contribution in [2.24, 2.45) is 0 Å². The van der Waals surface area contributed by atoms with E-state index in [0.29, 0.717) is 16.3 Å². The van der Waals surface area contributed by atoms with Gasteiger partial charge in [0, 0.05) is 10.7 Å². The van der Waals surface area contributed by atoms with Gasteiger partial charge in [-0.05, 0) is 44.2 Å². The standard InChI is InChI=1S/C17H16ClNO3/c1-11-6-8-13(9-7-11)17(21)22-12(2)16(20)19-15-5-3-4-14(18)10-15/h3-10,12H,1-2H3,(H,19,20)/t12-/m1/s1. The summed E-state index contributed by atoms with van der Waals surface area (Å²) in [6.45, 7) is 3.45. The maximum absolute atomic E-state index is 12.0. The minimum atomic E-state index is -0.909. The van der Waals surface area contributed by atoms with Crippen LogP contribution < -0.4 is 5.32 Å². The molecule has 0 aliphatic rings. The Hall–Kier alpha value is -2.33. The van der Waals surface area contributed by atoms with E-state index in [1.165, 1.54) is 6.92 Å². The van der Waals surface area contributed by atoms with Crippen molar-refractivity contribution in [1.29, 1.82) is 0 Å². The maximum Gasteiger partial charge on any atom is 0.338 e. The summed E-state index contributed by atoms with van der Waals surface area (Å²) in [6, 6.07) is 13.7. The number of ether oxygens (including phenoxy) is 1. The van der Waals surface area contributed by atoms with E-state index in [1.54, 1.807) is 36.4 Å². The SMILES string of the molecule is Cc1ccc(C(=O)O[C@H](C)C(=O)Nc2cccc(Cl)c2)cc1. The average Bonchev–Trinajstić information content (AvgIpc) is 2.47. The predicted octanol–water partition coefficient (Wildman–Crippen LogP) is 3.83. The van der Waals surface area contributed by atoms with E-state index in [1.807, 2.05) is 19.1 Å². The first kappa shape index (κ1) is 16.0. The van der Waals surface area contributed by atoms with Gasteiger partial charge >= 0.3 is 5.97 Å². The number of esters is 1. The number of anilines is 1. The topological polar surface area (TPSA) is 55.4 Å². The van der Waals surface area contributed by atoms with Gasteiger partial charge in [0.15, 0.2) is 6.10 Å². The van der Waals surface area contributed by atoms with Gasteiger partial charge in [-0.25, -0.2) is 4.79 Å². The van der Waals surface area contributed by atoms with Crippen LogP contribution in [0, 0.1) is 6.92 Å². The number of nitrogens with one attached hydrogen (secondary N) is 1. The molecule has 1 N–H and O–H groups in total. The molecule has 5 heteroatoms. The van der Waals surface area contributed by atoms with Crippen LogP contribution in [0.4, 0.5) is 5.69 Å². The lowest BCUT2D eigenvalue weighted by Gasteiger charge is -2.13. The van der Waals surface area contributed by atoms with Gasteiger partial charge in [0.25, 0.3) is 5.91 Å². The number of carbonyl (C=O) groups is 2. The second-order valence-corrected chi connectivity index (χ2v) is 5.35. The second-order valence-electron chi connectivity index (χ2n) is 4.91. The normalized spacial score (nSPS) is 11.6. The van der Waals surface area contributed by atoms with Crippen LogP contribution in [0.15, 0.2) is 48.5 Å². The molecule has 0 fully saturated rings. The third-order valence-corrected chi connectivity index (χ3v) is 3.27. The average molecular weight is 318 g/mol. The molecule has 0 heterocycles. The van der Waals surface area contributed by atoms with Crippen molar-refractivity contribution in [1.82, 2.24) is 0 Å². The highest BCUT2D eigenvalue weighted by Crippen LogP contribution is 2.15. The molecule has 0 bridgehead atoms. The van der Waals surface area contributed by atoms with Gasteiger partial charge < -0.3 is 10.1 Å². The molecule has 114 valence electrons. The van der Waals surface area contributed by atoms with Crippen molar-refractivity contribution >= 4 is 29.2 Å². The van der Waals surface area contributed by atoms with E-state index in [9.17, 15) is 9.59 Å². The molecular formula is C17H16ClNO3. The molecule has 4 nitrogen and oxygen atoms in total. The Balaban J connectivity index is 1.96. The Morgan fingerprint density at radius 2 is 1.82 bits per heavy atom. The molecule has 2 aromatic carbocycles. The quantitative estimate of drug-likeness (QED) is 0.872. The largest absolute Gasteiger partial charge is 0.449 e. The van der Waals surface area contributed by atoms with Crippen molar-refractivity contribution in [3.63, 3.8) is 0 Å². The monoisotopic (exact) mass is 317 g/mol. The van der Waals surface area contributed by atoms with Crippen LogP contribution >= 0.6 is 11.6 Å². The molecule has 22 heavy (non-hydrogen) atoms. The van der Waals surface area contributed by atoms with Gasteiger partial charge in [0.2, 0.25) is 0 Å². The molecule has 1 atom stereocenters. The summed E-state index contributed by atoms with van der Waals surface area (Å²) < 4.78 is 5.16. The smallest absolute Gasteiger partial charge is 0.338 e. The number of hydrogen-bond acceptors (Lipinski definition) is 3. The molecular weight excluding hydrogens is 302 g/mol. The minimum absolute atomic E-state index is 0.410. The lowest BCUT2D eigenvalue weighted by Crippen LogP contribution is -2.30. The van der Waals surface area contributed by atoms with Crippen LogP contribution in [0.1, 0.15) is 22.8 Å². The fraction of sp³-hybridized carbons (Fsp3) is 0.176. The number of benzene rings is 2. The molecule has 0 spiro atoms. The maximum atomic E-state index is 12.0. The second kappa shape index (κ2) is 7.09. The zero-order chi connectivity index (χ0) is 16.1. The molecule has 0 aliphatic heterocycles. The molecule has 2 aromatic rings. The van der Waals surface area contributed by atoms with Crippen LogP contribution in [-0.4, -0.2) is 18.0 Å². The van der Waals surface area contributed by atoms with Gasteiger partial charge in [-0.2, -0.15) is 0 Å². The fourth-order valence-corrected chi connectivity index (χ4v) is 1.97. The van der Waals surface area contributed by atoms with Gasteiger partial charge in [0.1, 0.15) is 0 Å². The molecule has 0 aromatic heterocycles. The van der Waals surface area contributed by atoms with E-state index >= 15 is 0 Å². The molecule has 2 rings (SSSR count). The predicted molar refractivity (Wildman–Crippen MR) is 86.1 cm³/mol. The first-order valence-corrected chi connectivity index (χ1v) is 7.17. The van der Waals surface area contributed by atoms with Crippen LogP contribution in [0.5, 0.6) is 0 Å². The minimum Gasteiger partial charge on any atom is -0.449 e. The lowest BCUT2D eigenvalue weighted by atomic mass is 10.1. The Kier molecular flexibility index (Phi) is 5.17. The first-order chi connectivity index (χ1) is 10.5. The summed E-state index contributed by atoms with van der Waals surface area (Å²) in [4.78, 5) is 24.0. The van der Waals surface area contributed by atoms with Crippen molar-refractivity contribution in [3.05, 3.63) is 64.7 Å². The van der Waals surface area contributed by atoms with Crippen LogP contribution in [0.25, 0.3) is 0 Å². The van der Waals surface area contributed by atoms with E-state index in [2.05, 4.69) is 5.32 Å². The van der Waals surface area contributed by atoms with E-state index in [-0.39, 0.29) is 0 Å². The van der Waals surface area contributed by atoms with E-state index in [0.717, 1.165) is 5.56 Å². The molecule has 0 radical (unpaired) electrons. The van der Waals surface area contributed by atoms with Gasteiger partial charge in [-0.15, -0.1) is 0 Å². The molecule has 0 saturated carbocycles. The summed E-state index contributed by atoms with van der Waals surface area (Å²) in [5, 5.41) is 3.16. The third-order valence-electron chi connectivity index (χ3n) is 3.03. The number of aryl methyl sites for hydroxylation is 1. The molecule has 0 saturated heterocycles. The summed E-state index contributed by atoms with van der Waals surface area (Å²) in [5.74, 6) is -0.948. The number of carbonyl (C=O) groups excluding carboxylic acids is 2. The first-order valence-electron chi connectivity index (χ1n) is 6.80. The number of hydrogen-bond donors (Lipinski definition) is 1. The lowest BCUT2D eigenvalue weighted by molar-refractivity contribution is -0.123. The Morgan fingerprint density at radius 1 is 1.14 bits per heavy atom. The van der Waals surface area contributed by atoms with Crippen molar-refractivity contribution in [3.8, 4) is 0 Å². The van der Waals surface area contributed by atoms with E-state index in [4.69, 9.17) is 16.3 Å². The van der Waals surface area contributed by atoms with E-state index < -0.39 is 18.0 Å². The highest BCUT2D eigenvalue weighted by atomic mass is 35.5. The highest BCUT2D eigenvalue weighted by molar-refractivity contribution is 6.30. The van der Waals surface area contributed by atoms with Crippen LogP contribution in [0.2, 0.25) is 5.02 Å². The molecule has 1 amide bonds. The van der Waals surface area contributed by atoms with Crippen LogP contribution in [0.3, 0.4) is 0 Å². The summed E-state index contributed by atoms with van der Waals surface area (Å²) >= 11 is 5.85. The van der Waals surface area contributed by atoms with Gasteiger partial charge in [-0.3, -0.25) is 4.79 Å². The number of halogens is 1. The number of rotatable bonds is 4. The Morgan fingerprint density at radius 3 is 2.45 bits per heavy atom. The van der Waals surface area contributed by atoms with Crippen LogP contribution in [-0.2, 0) is 9.53 Å². The molecule has 0 aliphatic carbocycles. The van der Waals surface area contributed by atoms with Gasteiger partial charge in [0.05, 0.1) is 5.56 Å². The zero-order valence-corrected chi connectivity index (χ0v) is 13.1. The van der Waals surface area contributed by atoms with Gasteiger partial charge in [-0.1, -0.05) is 35.4 Å². The number of amides is 1. The highest BCUT2D eigenvalue weighted by Gasteiger charge is 2.19. The summed E-state index contributed by atoms with van der Waals surface area (Å²) in [7, 11) is 0. The Labute approximate surface area is 134 Å². The zero-order valence-electron chi connectivity index (χ0n) is 12.3. The summed E-state index contributed by atoms with van der Waals surface area (Å²) in [6.07, 6.45) is -0.909. The fourth-order valence-electron chi connectivity index (χ4n) is 1.78. The van der Waals surface area contributed by atoms with Crippen molar-refractivity contribution in [2.75, 3.05) is 5.32 Å². The molecule has 0 unspecified atom stereocenters. The summed E-state index contributed by atoms with van der Waals surface area (Å²) in [5.41, 5.74) is 2.01. The van der Waals surface area contributed by atoms with Crippen molar-refractivity contribution in [2.45, 2.75) is 20.0 Å². The Bertz CT molecular complexity index is 683. The van der Waals surface area contributed by atoms with Crippen molar-refractivity contribution < 1.29 is 14.3 Å². The third kappa shape index (κ3) is 4.33.